The second kappa shape index (κ2) is 7.39. The molecule has 2 aromatic carbocycles. The first-order chi connectivity index (χ1) is 12.1. The number of hydrazine groups is 1. The van der Waals surface area contributed by atoms with Crippen LogP contribution in [-0.4, -0.2) is 37.6 Å². The van der Waals surface area contributed by atoms with Crippen molar-refractivity contribution < 1.29 is 19.4 Å². The molecule has 3 N–H and O–H groups in total. The highest BCUT2D eigenvalue weighted by atomic mass is 16.5. The van der Waals surface area contributed by atoms with Crippen molar-refractivity contribution in [1.29, 1.82) is 0 Å². The lowest BCUT2D eigenvalue weighted by Gasteiger charge is -2.29. The minimum atomic E-state index is -0.745. The van der Waals surface area contributed by atoms with Crippen LogP contribution in [0.4, 0.5) is 0 Å². The van der Waals surface area contributed by atoms with Crippen LogP contribution in [0.15, 0.2) is 36.4 Å². The Kier molecular flexibility index (Phi) is 5.22. The standard InChI is InChI=1S/C19H24N2O4/c1-11-18(19(23)21-20-11)15(10-17(22)25-3)13-8-9-16(24-2)14-7-5-4-6-12(13)14/h4-9,11,15,18-21,23H,10H2,1-3H3. The minimum absolute atomic E-state index is 0.00511. The fourth-order valence-electron chi connectivity index (χ4n) is 3.76. The molecule has 0 spiro atoms. The van der Waals surface area contributed by atoms with E-state index in [1.165, 1.54) is 7.11 Å². The van der Waals surface area contributed by atoms with Gasteiger partial charge in [0.05, 0.1) is 20.6 Å². The predicted octanol–water partition coefficient (Wildman–Crippen LogP) is 1.93. The third-order valence-corrected chi connectivity index (χ3v) is 5.02. The van der Waals surface area contributed by atoms with Gasteiger partial charge in [-0.15, -0.1) is 0 Å². The van der Waals surface area contributed by atoms with Gasteiger partial charge in [0.1, 0.15) is 12.0 Å². The molecule has 4 atom stereocenters. The van der Waals surface area contributed by atoms with Crippen LogP contribution < -0.4 is 15.6 Å². The Bertz CT molecular complexity index is 754. The number of hydrogen-bond acceptors (Lipinski definition) is 6. The zero-order chi connectivity index (χ0) is 18.0. The van der Waals surface area contributed by atoms with Crippen LogP contribution in [0.5, 0.6) is 5.75 Å². The molecule has 0 bridgehead atoms. The van der Waals surface area contributed by atoms with Gasteiger partial charge in [0.25, 0.3) is 0 Å². The zero-order valence-corrected chi connectivity index (χ0v) is 14.7. The molecule has 0 amide bonds. The van der Waals surface area contributed by atoms with Crippen LogP contribution in [0, 0.1) is 5.92 Å². The Balaban J connectivity index is 2.13. The van der Waals surface area contributed by atoms with Gasteiger partial charge < -0.3 is 14.6 Å². The maximum atomic E-state index is 12.1. The molecule has 3 rings (SSSR count). The van der Waals surface area contributed by atoms with E-state index in [2.05, 4.69) is 10.9 Å². The first kappa shape index (κ1) is 17.7. The predicted molar refractivity (Wildman–Crippen MR) is 95.1 cm³/mol. The van der Waals surface area contributed by atoms with Crippen LogP contribution in [0.1, 0.15) is 24.8 Å². The summed E-state index contributed by atoms with van der Waals surface area (Å²) < 4.78 is 10.4. The normalized spacial score (nSPS) is 24.2. The summed E-state index contributed by atoms with van der Waals surface area (Å²) in [6.07, 6.45) is -0.548. The molecule has 1 aliphatic heterocycles. The van der Waals surface area contributed by atoms with Crippen molar-refractivity contribution >= 4 is 16.7 Å². The quantitative estimate of drug-likeness (QED) is 0.719. The monoisotopic (exact) mass is 344 g/mol. The first-order valence-corrected chi connectivity index (χ1v) is 8.38. The van der Waals surface area contributed by atoms with E-state index in [1.54, 1.807) is 7.11 Å². The SMILES string of the molecule is COC(=O)CC(c1ccc(OC)c2ccccc12)C1C(C)NNC1O. The molecule has 4 unspecified atom stereocenters. The van der Waals surface area contributed by atoms with Crippen molar-refractivity contribution in [3.63, 3.8) is 0 Å². The van der Waals surface area contributed by atoms with E-state index in [4.69, 9.17) is 9.47 Å². The molecule has 0 aliphatic carbocycles. The Labute approximate surface area is 147 Å². The van der Waals surface area contributed by atoms with Crippen molar-refractivity contribution in [2.24, 2.45) is 5.92 Å². The second-order valence-electron chi connectivity index (χ2n) is 6.39. The first-order valence-electron chi connectivity index (χ1n) is 8.38. The molecule has 1 fully saturated rings. The number of ether oxygens (including phenoxy) is 2. The number of rotatable bonds is 5. The molecule has 6 nitrogen and oxygen atoms in total. The van der Waals surface area contributed by atoms with Gasteiger partial charge in [-0.3, -0.25) is 10.2 Å². The van der Waals surface area contributed by atoms with Gasteiger partial charge in [-0.05, 0) is 23.9 Å². The van der Waals surface area contributed by atoms with Crippen molar-refractivity contribution in [3.8, 4) is 5.75 Å². The number of aliphatic hydroxyl groups excluding tert-OH is 1. The van der Waals surface area contributed by atoms with E-state index in [0.29, 0.717) is 0 Å². The number of carbonyl (C=O) groups excluding carboxylic acids is 1. The number of fused-ring (bicyclic) bond motifs is 1. The number of hydrogen-bond donors (Lipinski definition) is 3. The molecular weight excluding hydrogens is 320 g/mol. The van der Waals surface area contributed by atoms with Gasteiger partial charge in [-0.1, -0.05) is 30.3 Å². The van der Waals surface area contributed by atoms with Gasteiger partial charge in [-0.25, -0.2) is 5.43 Å². The molecule has 0 radical (unpaired) electrons. The molecule has 1 aliphatic rings. The van der Waals surface area contributed by atoms with Crippen molar-refractivity contribution in [1.82, 2.24) is 10.9 Å². The van der Waals surface area contributed by atoms with Crippen LogP contribution in [0.25, 0.3) is 10.8 Å². The highest BCUT2D eigenvalue weighted by Crippen LogP contribution is 2.40. The molecule has 134 valence electrons. The summed E-state index contributed by atoms with van der Waals surface area (Å²) in [6, 6.07) is 11.8. The molecule has 2 aromatic rings. The minimum Gasteiger partial charge on any atom is -0.496 e. The molecule has 6 heteroatoms. The van der Waals surface area contributed by atoms with E-state index >= 15 is 0 Å². The highest BCUT2D eigenvalue weighted by Gasteiger charge is 2.40. The number of benzene rings is 2. The van der Waals surface area contributed by atoms with E-state index in [9.17, 15) is 9.90 Å². The van der Waals surface area contributed by atoms with Gasteiger partial charge in [-0.2, -0.15) is 0 Å². The Hall–Kier alpha value is -2.15. The Morgan fingerprint density at radius 3 is 2.48 bits per heavy atom. The number of nitrogens with one attached hydrogen (secondary N) is 2. The van der Waals surface area contributed by atoms with Crippen molar-refractivity contribution in [3.05, 3.63) is 42.0 Å². The van der Waals surface area contributed by atoms with Gasteiger partial charge in [0.15, 0.2) is 0 Å². The summed E-state index contributed by atoms with van der Waals surface area (Å²) >= 11 is 0. The molecule has 1 saturated heterocycles. The fraction of sp³-hybridized carbons (Fsp3) is 0.421. The lowest BCUT2D eigenvalue weighted by atomic mass is 9.78. The maximum Gasteiger partial charge on any atom is 0.306 e. The highest BCUT2D eigenvalue weighted by molar-refractivity contribution is 5.92. The Morgan fingerprint density at radius 2 is 1.88 bits per heavy atom. The van der Waals surface area contributed by atoms with Crippen LogP contribution >= 0.6 is 0 Å². The zero-order valence-electron chi connectivity index (χ0n) is 14.7. The largest absolute Gasteiger partial charge is 0.496 e. The smallest absolute Gasteiger partial charge is 0.306 e. The Morgan fingerprint density at radius 1 is 1.16 bits per heavy atom. The van der Waals surface area contributed by atoms with Gasteiger partial charge in [0, 0.05) is 23.3 Å². The summed E-state index contributed by atoms with van der Waals surface area (Å²) in [6.45, 7) is 1.99. The van der Waals surface area contributed by atoms with Crippen LogP contribution in [0.2, 0.25) is 0 Å². The number of methoxy groups -OCH3 is 2. The average molecular weight is 344 g/mol. The number of esters is 1. The molecular formula is C19H24N2O4. The fourth-order valence-corrected chi connectivity index (χ4v) is 3.76. The van der Waals surface area contributed by atoms with E-state index in [0.717, 1.165) is 22.1 Å². The van der Waals surface area contributed by atoms with Crippen LogP contribution in [0.3, 0.4) is 0 Å². The molecule has 0 aromatic heterocycles. The van der Waals surface area contributed by atoms with E-state index in [1.807, 2.05) is 43.3 Å². The maximum absolute atomic E-state index is 12.1. The molecule has 1 heterocycles. The van der Waals surface area contributed by atoms with Crippen molar-refractivity contribution in [2.45, 2.75) is 31.5 Å². The number of carbonyl (C=O) groups is 1. The van der Waals surface area contributed by atoms with E-state index in [-0.39, 0.29) is 30.3 Å². The average Bonchev–Trinajstić information content (AvgIpc) is 2.97. The third-order valence-electron chi connectivity index (χ3n) is 5.02. The number of aliphatic hydroxyl groups is 1. The summed E-state index contributed by atoms with van der Waals surface area (Å²) in [5.41, 5.74) is 6.92. The summed E-state index contributed by atoms with van der Waals surface area (Å²) in [4.78, 5) is 12.1. The van der Waals surface area contributed by atoms with E-state index < -0.39 is 6.23 Å². The summed E-state index contributed by atoms with van der Waals surface area (Å²) in [5.74, 6) is 0.121. The third kappa shape index (κ3) is 3.33. The lowest BCUT2D eigenvalue weighted by molar-refractivity contribution is -0.141. The summed E-state index contributed by atoms with van der Waals surface area (Å²) in [7, 11) is 3.03. The van der Waals surface area contributed by atoms with Gasteiger partial charge >= 0.3 is 5.97 Å². The molecule has 25 heavy (non-hydrogen) atoms. The topological polar surface area (TPSA) is 79.8 Å². The van der Waals surface area contributed by atoms with Gasteiger partial charge in [0.2, 0.25) is 0 Å². The second-order valence-corrected chi connectivity index (χ2v) is 6.39. The lowest BCUT2D eigenvalue weighted by Crippen LogP contribution is -2.33. The summed E-state index contributed by atoms with van der Waals surface area (Å²) in [5, 5.41) is 12.4. The molecule has 0 saturated carbocycles. The van der Waals surface area contributed by atoms with Crippen molar-refractivity contribution in [2.75, 3.05) is 14.2 Å². The van der Waals surface area contributed by atoms with Crippen LogP contribution in [-0.2, 0) is 9.53 Å².